The van der Waals surface area contributed by atoms with Crippen molar-refractivity contribution in [2.45, 2.75) is 65.0 Å². The third kappa shape index (κ3) is 3.91. The first-order valence-electron chi connectivity index (χ1n) is 12.8. The average molecular weight is 458 g/mol. The van der Waals surface area contributed by atoms with Gasteiger partial charge in [-0.25, -0.2) is 0 Å². The molecule has 1 fully saturated rings. The average Bonchev–Trinajstić information content (AvgIpc) is 3.21. The van der Waals surface area contributed by atoms with Gasteiger partial charge in [-0.05, 0) is 36.5 Å². The Morgan fingerprint density at radius 3 is 2.68 bits per heavy atom. The van der Waals surface area contributed by atoms with Crippen molar-refractivity contribution in [2.24, 2.45) is 5.92 Å². The van der Waals surface area contributed by atoms with Crippen molar-refractivity contribution in [3.8, 4) is 0 Å². The molecule has 0 saturated carbocycles. The molecule has 2 aliphatic rings. The molecule has 0 unspecified atom stereocenters. The molecule has 5 heteroatoms. The Balaban J connectivity index is 1.56. The molecule has 3 heterocycles. The molecule has 178 valence electrons. The van der Waals surface area contributed by atoms with Gasteiger partial charge in [0.05, 0.1) is 12.6 Å². The van der Waals surface area contributed by atoms with E-state index in [0.717, 1.165) is 53.4 Å². The van der Waals surface area contributed by atoms with Crippen molar-refractivity contribution in [1.29, 1.82) is 0 Å². The first-order valence-corrected chi connectivity index (χ1v) is 12.8. The van der Waals surface area contributed by atoms with E-state index in [1.54, 1.807) is 0 Å². The van der Waals surface area contributed by atoms with Gasteiger partial charge in [-0.3, -0.25) is 9.59 Å². The molecule has 0 radical (unpaired) electrons. The second-order valence-electron chi connectivity index (χ2n) is 10.0. The van der Waals surface area contributed by atoms with Gasteiger partial charge in [-0.15, -0.1) is 0 Å². The van der Waals surface area contributed by atoms with Crippen molar-refractivity contribution in [3.05, 3.63) is 70.9 Å². The van der Waals surface area contributed by atoms with E-state index in [4.69, 9.17) is 0 Å². The second-order valence-corrected chi connectivity index (χ2v) is 10.0. The minimum atomic E-state index is -0.456. The van der Waals surface area contributed by atoms with Crippen molar-refractivity contribution in [3.63, 3.8) is 0 Å². The summed E-state index contributed by atoms with van der Waals surface area (Å²) in [5.74, 6) is 0.594. The number of rotatable bonds is 7. The van der Waals surface area contributed by atoms with Crippen LogP contribution in [0.15, 0.2) is 48.5 Å². The summed E-state index contributed by atoms with van der Waals surface area (Å²) in [6, 6.07) is 15.9. The van der Waals surface area contributed by atoms with Gasteiger partial charge in [-0.2, -0.15) is 0 Å². The van der Waals surface area contributed by atoms with Crippen LogP contribution in [0.4, 0.5) is 0 Å². The fourth-order valence-corrected chi connectivity index (χ4v) is 5.89. The number of unbranched alkanes of at least 4 members (excludes halogenated alkanes) is 1. The van der Waals surface area contributed by atoms with Crippen LogP contribution in [0.2, 0.25) is 0 Å². The topological polar surface area (TPSA) is 56.4 Å². The molecular weight excluding hydrogens is 422 g/mol. The maximum absolute atomic E-state index is 13.9. The maximum Gasteiger partial charge on any atom is 0.246 e. The highest BCUT2D eigenvalue weighted by molar-refractivity contribution is 5.97. The first kappa shape index (κ1) is 22.7. The Hall–Kier alpha value is -3.08. The minimum absolute atomic E-state index is 0.0470. The number of amides is 2. The van der Waals surface area contributed by atoms with Crippen LogP contribution in [0, 0.1) is 12.8 Å². The van der Waals surface area contributed by atoms with E-state index >= 15 is 0 Å². The number of nitrogens with one attached hydrogen (secondary N) is 1. The highest BCUT2D eigenvalue weighted by atomic mass is 16.2. The minimum Gasteiger partial charge on any atom is -0.356 e. The Morgan fingerprint density at radius 2 is 1.91 bits per heavy atom. The number of hydrogen-bond acceptors (Lipinski definition) is 2. The number of hydrogen-bond donors (Lipinski definition) is 1. The van der Waals surface area contributed by atoms with E-state index in [0.29, 0.717) is 18.9 Å². The number of fused-ring (bicyclic) bond motifs is 4. The SMILES string of the molecule is CCCC[C@@H](CC)CN1CC(=O)N2[C@@H](c3cccc(C)c3)c3[nH]c4ccccc4c3C[C@H]2C1=O. The molecular formula is C29H35N3O2. The quantitative estimate of drug-likeness (QED) is 0.518. The Morgan fingerprint density at radius 1 is 1.09 bits per heavy atom. The Bertz CT molecular complexity index is 1210. The van der Waals surface area contributed by atoms with Crippen LogP contribution >= 0.6 is 0 Å². The number of aromatic amines is 1. The molecule has 1 saturated heterocycles. The van der Waals surface area contributed by atoms with Crippen LogP contribution in [-0.4, -0.2) is 45.7 Å². The fourth-order valence-electron chi connectivity index (χ4n) is 5.89. The molecule has 1 N–H and O–H groups in total. The summed E-state index contributed by atoms with van der Waals surface area (Å²) in [5.41, 5.74) is 5.49. The number of aromatic nitrogens is 1. The van der Waals surface area contributed by atoms with Crippen LogP contribution in [0.25, 0.3) is 10.9 Å². The number of benzene rings is 2. The number of carbonyl (C=O) groups excluding carboxylic acids is 2. The Kier molecular flexibility index (Phi) is 6.20. The normalized spacial score (nSPS) is 21.0. The lowest BCUT2D eigenvalue weighted by Gasteiger charge is -2.47. The van der Waals surface area contributed by atoms with Crippen LogP contribution < -0.4 is 0 Å². The van der Waals surface area contributed by atoms with Gasteiger partial charge in [-0.1, -0.05) is 81.1 Å². The molecule has 34 heavy (non-hydrogen) atoms. The molecule has 0 bridgehead atoms. The monoisotopic (exact) mass is 457 g/mol. The van der Waals surface area contributed by atoms with E-state index in [1.165, 1.54) is 5.56 Å². The second kappa shape index (κ2) is 9.28. The molecule has 2 aromatic carbocycles. The lowest BCUT2D eigenvalue weighted by molar-refractivity contribution is -0.159. The third-order valence-electron chi connectivity index (χ3n) is 7.72. The highest BCUT2D eigenvalue weighted by Gasteiger charge is 2.48. The van der Waals surface area contributed by atoms with Crippen LogP contribution in [0.3, 0.4) is 0 Å². The van der Waals surface area contributed by atoms with Crippen molar-refractivity contribution in [2.75, 3.05) is 13.1 Å². The number of H-pyrrole nitrogens is 1. The van der Waals surface area contributed by atoms with Gasteiger partial charge >= 0.3 is 0 Å². The molecule has 3 atom stereocenters. The summed E-state index contributed by atoms with van der Waals surface area (Å²) in [4.78, 5) is 34.9. The number of carbonyl (C=O) groups is 2. The van der Waals surface area contributed by atoms with Gasteiger partial charge < -0.3 is 14.8 Å². The van der Waals surface area contributed by atoms with E-state index in [-0.39, 0.29) is 24.4 Å². The largest absolute Gasteiger partial charge is 0.356 e. The zero-order chi connectivity index (χ0) is 23.8. The molecule has 1 aromatic heterocycles. The van der Waals surface area contributed by atoms with E-state index in [9.17, 15) is 9.59 Å². The third-order valence-corrected chi connectivity index (χ3v) is 7.72. The van der Waals surface area contributed by atoms with Gasteiger partial charge in [0, 0.05) is 29.6 Å². The van der Waals surface area contributed by atoms with Crippen molar-refractivity contribution >= 4 is 22.7 Å². The van der Waals surface area contributed by atoms with E-state index < -0.39 is 6.04 Å². The van der Waals surface area contributed by atoms with Crippen LogP contribution in [0.5, 0.6) is 0 Å². The molecule has 5 nitrogen and oxygen atoms in total. The predicted octanol–water partition coefficient (Wildman–Crippen LogP) is 5.38. The molecule has 2 aliphatic heterocycles. The zero-order valence-electron chi connectivity index (χ0n) is 20.5. The molecule has 2 amide bonds. The number of nitrogens with zero attached hydrogens (tertiary/aromatic N) is 2. The van der Waals surface area contributed by atoms with Gasteiger partial charge in [0.1, 0.15) is 6.04 Å². The molecule has 0 spiro atoms. The van der Waals surface area contributed by atoms with Crippen LogP contribution in [0.1, 0.15) is 68.0 Å². The summed E-state index contributed by atoms with van der Waals surface area (Å²) in [5, 5.41) is 1.15. The number of piperazine rings is 1. The van der Waals surface area contributed by atoms with E-state index in [1.807, 2.05) is 28.0 Å². The zero-order valence-corrected chi connectivity index (χ0v) is 20.5. The van der Waals surface area contributed by atoms with Gasteiger partial charge in [0.15, 0.2) is 0 Å². The van der Waals surface area contributed by atoms with Crippen LogP contribution in [-0.2, 0) is 16.0 Å². The highest BCUT2D eigenvalue weighted by Crippen LogP contribution is 2.42. The van der Waals surface area contributed by atoms with Crippen molar-refractivity contribution < 1.29 is 9.59 Å². The summed E-state index contributed by atoms with van der Waals surface area (Å²) < 4.78 is 0. The summed E-state index contributed by atoms with van der Waals surface area (Å²) in [6.07, 6.45) is 5.02. The summed E-state index contributed by atoms with van der Waals surface area (Å²) >= 11 is 0. The molecule has 3 aromatic rings. The van der Waals surface area contributed by atoms with Crippen molar-refractivity contribution in [1.82, 2.24) is 14.8 Å². The first-order chi connectivity index (χ1) is 16.5. The lowest BCUT2D eigenvalue weighted by Crippen LogP contribution is -2.63. The summed E-state index contributed by atoms with van der Waals surface area (Å²) in [6.45, 7) is 7.32. The number of aryl methyl sites for hydroxylation is 1. The fraction of sp³-hybridized carbons (Fsp3) is 0.448. The smallest absolute Gasteiger partial charge is 0.246 e. The Labute approximate surface area is 202 Å². The predicted molar refractivity (Wildman–Crippen MR) is 136 cm³/mol. The molecule has 0 aliphatic carbocycles. The summed E-state index contributed by atoms with van der Waals surface area (Å²) in [7, 11) is 0. The lowest BCUT2D eigenvalue weighted by atomic mass is 9.85. The van der Waals surface area contributed by atoms with Gasteiger partial charge in [0.25, 0.3) is 0 Å². The molecule has 5 rings (SSSR count). The standard InChI is InChI=1S/C29H35N3O2/c1-4-6-11-20(5-2)17-31-18-26(33)32-25(29(31)34)16-23-22-13-7-8-14-24(22)30-27(23)28(32)21-12-9-10-19(3)15-21/h7-10,12-15,20,25,28,30H,4-6,11,16-18H2,1-3H3/t20-,25+,28+/m1/s1. The maximum atomic E-state index is 13.9. The van der Waals surface area contributed by atoms with E-state index in [2.05, 4.69) is 56.1 Å². The van der Waals surface area contributed by atoms with Gasteiger partial charge in [0.2, 0.25) is 11.8 Å². The number of para-hydroxylation sites is 1.